The number of aliphatic carboxylic acids is 1. The van der Waals surface area contributed by atoms with Gasteiger partial charge in [0.15, 0.2) is 17.1 Å². The minimum atomic E-state index is -1.02. The van der Waals surface area contributed by atoms with Crippen molar-refractivity contribution in [3.63, 3.8) is 0 Å². The summed E-state index contributed by atoms with van der Waals surface area (Å²) in [6.45, 7) is 5.56. The first-order valence-corrected chi connectivity index (χ1v) is 10.8. The van der Waals surface area contributed by atoms with Gasteiger partial charge in [-0.25, -0.2) is 4.79 Å². The first-order chi connectivity index (χ1) is 15.4. The van der Waals surface area contributed by atoms with Gasteiger partial charge in [0.1, 0.15) is 17.7 Å². The minimum Gasteiger partial charge on any atom is -0.482 e. The number of hydrogen-bond acceptors (Lipinski definition) is 7. The van der Waals surface area contributed by atoms with Crippen LogP contribution < -0.4 is 4.74 Å². The third-order valence-corrected chi connectivity index (χ3v) is 6.58. The van der Waals surface area contributed by atoms with Crippen molar-refractivity contribution in [1.82, 2.24) is 15.4 Å². The Bertz CT molecular complexity index is 1180. The molecule has 2 N–H and O–H groups in total. The van der Waals surface area contributed by atoms with Crippen LogP contribution in [0, 0.1) is 20.8 Å². The lowest BCUT2D eigenvalue weighted by Gasteiger charge is -2.33. The number of thioether (sulfide) groups is 1. The number of carboxylic acids is 1. The first kappa shape index (κ1) is 21.8. The fourth-order valence-corrected chi connectivity index (χ4v) is 5.27. The van der Waals surface area contributed by atoms with Gasteiger partial charge in [0, 0.05) is 4.90 Å². The van der Waals surface area contributed by atoms with Crippen LogP contribution in [0.5, 0.6) is 5.75 Å². The van der Waals surface area contributed by atoms with Gasteiger partial charge in [0.25, 0.3) is 0 Å². The van der Waals surface area contributed by atoms with Gasteiger partial charge >= 0.3 is 5.97 Å². The van der Waals surface area contributed by atoms with E-state index in [-0.39, 0.29) is 6.79 Å². The standard InChI is InChI=1S/C23H23N3O5S/c1-14-6-4-5-7-18(14)23(20-11-29-13-31-20,22-16(3)24-26-25-22)32-17-8-9-19(15(2)10-17)30-12-21(27)28/h4-11H,12-13H2,1-3H3,(H,27,28)(H,24,25,26). The van der Waals surface area contributed by atoms with Crippen LogP contribution in [0.1, 0.15) is 28.1 Å². The van der Waals surface area contributed by atoms with Crippen LogP contribution >= 0.6 is 11.8 Å². The van der Waals surface area contributed by atoms with Crippen LogP contribution in [0.2, 0.25) is 0 Å². The molecule has 1 aliphatic heterocycles. The van der Waals surface area contributed by atoms with Gasteiger partial charge in [-0.2, -0.15) is 15.4 Å². The van der Waals surface area contributed by atoms with Crippen molar-refractivity contribution in [2.75, 3.05) is 13.4 Å². The van der Waals surface area contributed by atoms with Gasteiger partial charge < -0.3 is 19.3 Å². The Hall–Kier alpha value is -3.46. The molecule has 3 aromatic rings. The van der Waals surface area contributed by atoms with Crippen molar-refractivity contribution in [1.29, 1.82) is 0 Å². The first-order valence-electron chi connectivity index (χ1n) is 9.95. The lowest BCUT2D eigenvalue weighted by Crippen LogP contribution is -2.29. The molecule has 0 radical (unpaired) electrons. The number of carboxylic acid groups (broad SMARTS) is 1. The second-order valence-electron chi connectivity index (χ2n) is 7.38. The molecule has 166 valence electrons. The average Bonchev–Trinajstić information content (AvgIpc) is 3.44. The molecule has 9 heteroatoms. The molecule has 1 atom stereocenters. The Morgan fingerprint density at radius 1 is 1.19 bits per heavy atom. The van der Waals surface area contributed by atoms with Gasteiger partial charge in [-0.15, -0.1) is 0 Å². The Balaban J connectivity index is 1.85. The molecule has 1 aromatic heterocycles. The van der Waals surface area contributed by atoms with Crippen LogP contribution in [0.25, 0.3) is 0 Å². The molecule has 1 aliphatic rings. The van der Waals surface area contributed by atoms with Gasteiger partial charge in [0.05, 0.1) is 5.69 Å². The summed E-state index contributed by atoms with van der Waals surface area (Å²) in [4.78, 5) is 11.8. The summed E-state index contributed by atoms with van der Waals surface area (Å²) in [6.07, 6.45) is 1.63. The molecule has 0 bridgehead atoms. The van der Waals surface area contributed by atoms with Crippen LogP contribution in [0.15, 0.2) is 59.4 Å². The number of carbonyl (C=O) groups is 1. The van der Waals surface area contributed by atoms with Gasteiger partial charge in [0.2, 0.25) is 6.79 Å². The summed E-state index contributed by atoms with van der Waals surface area (Å²) < 4.78 is 15.9. The summed E-state index contributed by atoms with van der Waals surface area (Å²) in [7, 11) is 0. The Labute approximate surface area is 189 Å². The molecule has 4 rings (SSSR count). The van der Waals surface area contributed by atoms with E-state index in [9.17, 15) is 4.79 Å². The molecule has 8 nitrogen and oxygen atoms in total. The molecule has 2 heterocycles. The third kappa shape index (κ3) is 4.03. The fourth-order valence-electron chi connectivity index (χ4n) is 3.71. The number of nitrogens with one attached hydrogen (secondary N) is 1. The number of aromatic amines is 1. The smallest absolute Gasteiger partial charge is 0.341 e. The van der Waals surface area contributed by atoms with E-state index < -0.39 is 17.3 Å². The van der Waals surface area contributed by atoms with E-state index in [1.165, 1.54) is 0 Å². The zero-order chi connectivity index (χ0) is 22.7. The van der Waals surface area contributed by atoms with Gasteiger partial charge in [-0.05, 0) is 55.7 Å². The van der Waals surface area contributed by atoms with Crippen LogP contribution in [-0.2, 0) is 19.0 Å². The van der Waals surface area contributed by atoms with E-state index in [1.54, 1.807) is 24.1 Å². The molecule has 0 amide bonds. The zero-order valence-corrected chi connectivity index (χ0v) is 18.7. The summed E-state index contributed by atoms with van der Waals surface area (Å²) >= 11 is 1.55. The van der Waals surface area contributed by atoms with Crippen molar-refractivity contribution in [3.8, 4) is 5.75 Å². The highest BCUT2D eigenvalue weighted by Crippen LogP contribution is 2.54. The summed E-state index contributed by atoms with van der Waals surface area (Å²) in [5.41, 5.74) is 4.36. The number of H-pyrrole nitrogens is 1. The second-order valence-corrected chi connectivity index (χ2v) is 8.66. The van der Waals surface area contributed by atoms with Gasteiger partial charge in [-0.1, -0.05) is 36.0 Å². The van der Waals surface area contributed by atoms with E-state index in [2.05, 4.69) is 21.5 Å². The number of aromatic nitrogens is 3. The van der Waals surface area contributed by atoms with Crippen LogP contribution in [0.4, 0.5) is 0 Å². The van der Waals surface area contributed by atoms with E-state index >= 15 is 0 Å². The molecular weight excluding hydrogens is 430 g/mol. The molecule has 0 aliphatic carbocycles. The van der Waals surface area contributed by atoms with Crippen molar-refractivity contribution in [3.05, 3.63) is 82.6 Å². The molecular formula is C23H23N3O5S. The van der Waals surface area contributed by atoms with Crippen LogP contribution in [-0.4, -0.2) is 39.9 Å². The SMILES string of the molecule is Cc1cc(SC(C2=COCO2)(c2ccccc2C)c2n[nH]nc2C)ccc1OCC(=O)O. The van der Waals surface area contributed by atoms with E-state index in [1.807, 2.05) is 51.1 Å². The summed E-state index contributed by atoms with van der Waals surface area (Å²) in [6, 6.07) is 13.7. The quantitative estimate of drug-likeness (QED) is 0.492. The number of hydrogen-bond donors (Lipinski definition) is 2. The highest BCUT2D eigenvalue weighted by Gasteiger charge is 2.47. The normalized spacial score (nSPS) is 14.8. The van der Waals surface area contributed by atoms with Crippen molar-refractivity contribution in [2.24, 2.45) is 0 Å². The molecule has 1 unspecified atom stereocenters. The molecule has 0 saturated carbocycles. The average molecular weight is 454 g/mol. The largest absolute Gasteiger partial charge is 0.482 e. The minimum absolute atomic E-state index is 0.126. The Kier molecular flexibility index (Phi) is 6.09. The maximum atomic E-state index is 10.9. The molecule has 32 heavy (non-hydrogen) atoms. The van der Waals surface area contributed by atoms with E-state index in [4.69, 9.17) is 19.3 Å². The zero-order valence-electron chi connectivity index (χ0n) is 17.9. The number of aryl methyl sites for hydroxylation is 3. The summed E-state index contributed by atoms with van der Waals surface area (Å²) in [5, 5.41) is 20.4. The highest BCUT2D eigenvalue weighted by atomic mass is 32.2. The van der Waals surface area contributed by atoms with E-state index in [0.717, 1.165) is 33.0 Å². The fraction of sp³-hybridized carbons (Fsp3) is 0.261. The van der Waals surface area contributed by atoms with Crippen molar-refractivity contribution >= 4 is 17.7 Å². The van der Waals surface area contributed by atoms with Crippen molar-refractivity contribution in [2.45, 2.75) is 30.4 Å². The predicted molar refractivity (Wildman–Crippen MR) is 118 cm³/mol. The van der Waals surface area contributed by atoms with E-state index in [0.29, 0.717) is 11.5 Å². The summed E-state index contributed by atoms with van der Waals surface area (Å²) in [5.74, 6) is 0.126. The van der Waals surface area contributed by atoms with Crippen molar-refractivity contribution < 1.29 is 24.1 Å². The lowest BCUT2D eigenvalue weighted by atomic mass is 9.88. The highest BCUT2D eigenvalue weighted by molar-refractivity contribution is 8.00. The molecule has 0 saturated heterocycles. The number of benzene rings is 2. The Morgan fingerprint density at radius 2 is 2.00 bits per heavy atom. The number of nitrogens with zero attached hydrogens (tertiary/aromatic N) is 2. The molecule has 0 spiro atoms. The lowest BCUT2D eigenvalue weighted by molar-refractivity contribution is -0.139. The number of rotatable bonds is 8. The second kappa shape index (κ2) is 8.96. The topological polar surface area (TPSA) is 107 Å². The monoisotopic (exact) mass is 453 g/mol. The number of ether oxygens (including phenoxy) is 3. The van der Waals surface area contributed by atoms with Gasteiger partial charge in [-0.3, -0.25) is 0 Å². The maximum Gasteiger partial charge on any atom is 0.341 e. The molecule has 2 aromatic carbocycles. The molecule has 0 fully saturated rings. The Morgan fingerprint density at radius 3 is 2.62 bits per heavy atom. The maximum absolute atomic E-state index is 10.9. The predicted octanol–water partition coefficient (Wildman–Crippen LogP) is 4.07. The third-order valence-electron chi connectivity index (χ3n) is 5.17. The van der Waals surface area contributed by atoms with Crippen LogP contribution in [0.3, 0.4) is 0 Å².